The molecule has 1 heterocycles. The van der Waals surface area contributed by atoms with E-state index in [1.807, 2.05) is 32.0 Å². The summed E-state index contributed by atoms with van der Waals surface area (Å²) in [6.45, 7) is 7.90. The summed E-state index contributed by atoms with van der Waals surface area (Å²) in [6.07, 6.45) is 1.65. The number of fused-ring (bicyclic) bond motifs is 1. The zero-order valence-corrected chi connectivity index (χ0v) is 15.5. The highest BCUT2D eigenvalue weighted by Crippen LogP contribution is 2.34. The third kappa shape index (κ3) is 4.11. The minimum absolute atomic E-state index is 0.00374. The molecular formula is C21H22N2O4. The number of benzene rings is 2. The molecule has 0 radical (unpaired) electrons. The SMILES string of the molecule is C=CCN1C(=O)COc2ccc(NC(=O)COc3cccc(C)c3C)cc21. The lowest BCUT2D eigenvalue weighted by Crippen LogP contribution is -2.38. The van der Waals surface area contributed by atoms with Gasteiger partial charge in [0.2, 0.25) is 0 Å². The van der Waals surface area contributed by atoms with Gasteiger partial charge in [-0.25, -0.2) is 0 Å². The molecule has 1 N–H and O–H groups in total. The van der Waals surface area contributed by atoms with Crippen molar-refractivity contribution in [1.29, 1.82) is 0 Å². The van der Waals surface area contributed by atoms with Gasteiger partial charge in [-0.15, -0.1) is 6.58 Å². The highest BCUT2D eigenvalue weighted by atomic mass is 16.5. The predicted molar refractivity (Wildman–Crippen MR) is 105 cm³/mol. The Kier molecular flexibility index (Phi) is 5.45. The van der Waals surface area contributed by atoms with Crippen LogP contribution in [0.15, 0.2) is 49.1 Å². The van der Waals surface area contributed by atoms with E-state index in [4.69, 9.17) is 9.47 Å². The van der Waals surface area contributed by atoms with E-state index < -0.39 is 0 Å². The summed E-state index contributed by atoms with van der Waals surface area (Å²) in [4.78, 5) is 25.9. The van der Waals surface area contributed by atoms with E-state index in [2.05, 4.69) is 11.9 Å². The van der Waals surface area contributed by atoms with E-state index in [-0.39, 0.29) is 25.0 Å². The lowest BCUT2D eigenvalue weighted by Gasteiger charge is -2.28. The van der Waals surface area contributed by atoms with E-state index in [1.54, 1.807) is 29.2 Å². The number of carbonyl (C=O) groups is 2. The van der Waals surface area contributed by atoms with Gasteiger partial charge in [-0.05, 0) is 49.2 Å². The Morgan fingerprint density at radius 2 is 2.15 bits per heavy atom. The first kappa shape index (κ1) is 18.5. The minimum Gasteiger partial charge on any atom is -0.483 e. The van der Waals surface area contributed by atoms with Crippen molar-refractivity contribution in [2.75, 3.05) is 30.0 Å². The van der Waals surface area contributed by atoms with Gasteiger partial charge in [0.1, 0.15) is 11.5 Å². The summed E-state index contributed by atoms with van der Waals surface area (Å²) in [5, 5.41) is 2.79. The van der Waals surface area contributed by atoms with Crippen molar-refractivity contribution in [1.82, 2.24) is 0 Å². The van der Waals surface area contributed by atoms with Crippen LogP contribution in [-0.4, -0.2) is 31.6 Å². The van der Waals surface area contributed by atoms with Crippen LogP contribution in [-0.2, 0) is 9.59 Å². The van der Waals surface area contributed by atoms with Gasteiger partial charge in [-0.2, -0.15) is 0 Å². The average molecular weight is 366 g/mol. The number of rotatable bonds is 6. The standard InChI is InChI=1S/C21H22N2O4/c1-4-10-23-17-11-16(8-9-19(17)27-13-21(23)25)22-20(24)12-26-18-7-5-6-14(2)15(18)3/h4-9,11H,1,10,12-13H2,2-3H3,(H,22,24). The molecule has 0 saturated carbocycles. The molecule has 0 atom stereocenters. The summed E-state index contributed by atoms with van der Waals surface area (Å²) in [5.74, 6) is 0.853. The Morgan fingerprint density at radius 3 is 2.93 bits per heavy atom. The van der Waals surface area contributed by atoms with Crippen LogP contribution in [0.2, 0.25) is 0 Å². The molecule has 27 heavy (non-hydrogen) atoms. The second-order valence-corrected chi connectivity index (χ2v) is 6.30. The molecule has 2 aromatic carbocycles. The first-order valence-electron chi connectivity index (χ1n) is 8.66. The van der Waals surface area contributed by atoms with Gasteiger partial charge in [0.05, 0.1) is 5.69 Å². The predicted octanol–water partition coefficient (Wildman–Crippen LogP) is 3.23. The maximum absolute atomic E-state index is 12.3. The van der Waals surface area contributed by atoms with Gasteiger partial charge in [0.25, 0.3) is 11.8 Å². The second-order valence-electron chi connectivity index (χ2n) is 6.30. The number of hydrogen-bond donors (Lipinski definition) is 1. The normalized spacial score (nSPS) is 12.8. The zero-order chi connectivity index (χ0) is 19.4. The quantitative estimate of drug-likeness (QED) is 0.797. The highest BCUT2D eigenvalue weighted by molar-refractivity contribution is 6.00. The fourth-order valence-electron chi connectivity index (χ4n) is 2.83. The van der Waals surface area contributed by atoms with Gasteiger partial charge in [0, 0.05) is 12.2 Å². The Bertz CT molecular complexity index is 892. The fraction of sp³-hybridized carbons (Fsp3) is 0.238. The van der Waals surface area contributed by atoms with E-state index in [9.17, 15) is 9.59 Å². The van der Waals surface area contributed by atoms with Crippen LogP contribution in [0.4, 0.5) is 11.4 Å². The molecule has 0 fully saturated rings. The minimum atomic E-state index is -0.283. The van der Waals surface area contributed by atoms with E-state index >= 15 is 0 Å². The van der Waals surface area contributed by atoms with Gasteiger partial charge >= 0.3 is 0 Å². The molecule has 0 aromatic heterocycles. The number of aryl methyl sites for hydroxylation is 1. The Balaban J connectivity index is 1.69. The number of anilines is 2. The number of nitrogens with zero attached hydrogens (tertiary/aromatic N) is 1. The molecule has 2 aromatic rings. The highest BCUT2D eigenvalue weighted by Gasteiger charge is 2.25. The lowest BCUT2D eigenvalue weighted by molar-refractivity contribution is -0.121. The van der Waals surface area contributed by atoms with Crippen LogP contribution >= 0.6 is 0 Å². The summed E-state index contributed by atoms with van der Waals surface area (Å²) < 4.78 is 11.1. The van der Waals surface area contributed by atoms with Crippen molar-refractivity contribution < 1.29 is 19.1 Å². The molecule has 1 aliphatic heterocycles. The molecule has 6 nitrogen and oxygen atoms in total. The first-order valence-corrected chi connectivity index (χ1v) is 8.66. The molecule has 6 heteroatoms. The van der Waals surface area contributed by atoms with E-state index in [0.29, 0.717) is 29.4 Å². The molecule has 1 aliphatic rings. The Hall–Kier alpha value is -3.28. The third-order valence-electron chi connectivity index (χ3n) is 4.41. The van der Waals surface area contributed by atoms with E-state index in [0.717, 1.165) is 11.1 Å². The van der Waals surface area contributed by atoms with Gasteiger partial charge in [-0.3, -0.25) is 9.59 Å². The summed E-state index contributed by atoms with van der Waals surface area (Å²) in [6, 6.07) is 10.9. The molecule has 0 saturated heterocycles. The van der Waals surface area contributed by atoms with Crippen LogP contribution < -0.4 is 19.7 Å². The van der Waals surface area contributed by atoms with Crippen molar-refractivity contribution in [3.8, 4) is 11.5 Å². The molecule has 140 valence electrons. The number of hydrogen-bond acceptors (Lipinski definition) is 4. The van der Waals surface area contributed by atoms with Crippen LogP contribution in [0.5, 0.6) is 11.5 Å². The maximum Gasteiger partial charge on any atom is 0.265 e. The first-order chi connectivity index (χ1) is 13.0. The summed E-state index contributed by atoms with van der Waals surface area (Å²) in [7, 11) is 0. The van der Waals surface area contributed by atoms with Crippen molar-refractivity contribution in [2.24, 2.45) is 0 Å². The molecule has 3 rings (SSSR count). The number of carbonyl (C=O) groups excluding carboxylic acids is 2. The zero-order valence-electron chi connectivity index (χ0n) is 15.5. The van der Waals surface area contributed by atoms with Gasteiger partial charge in [-0.1, -0.05) is 18.2 Å². The second kappa shape index (κ2) is 7.95. The lowest BCUT2D eigenvalue weighted by atomic mass is 10.1. The van der Waals surface area contributed by atoms with E-state index in [1.165, 1.54) is 0 Å². The van der Waals surface area contributed by atoms with Crippen LogP contribution in [0.3, 0.4) is 0 Å². The molecular weight excluding hydrogens is 344 g/mol. The monoisotopic (exact) mass is 366 g/mol. The van der Waals surface area contributed by atoms with Gasteiger partial charge in [0.15, 0.2) is 13.2 Å². The smallest absolute Gasteiger partial charge is 0.265 e. The summed E-state index contributed by atoms with van der Waals surface area (Å²) in [5.41, 5.74) is 3.29. The Labute approximate surface area is 158 Å². The molecule has 2 amide bonds. The van der Waals surface area contributed by atoms with Crippen molar-refractivity contribution in [2.45, 2.75) is 13.8 Å². The van der Waals surface area contributed by atoms with Crippen molar-refractivity contribution in [3.63, 3.8) is 0 Å². The Morgan fingerprint density at radius 1 is 1.33 bits per heavy atom. The molecule has 0 bridgehead atoms. The summed E-state index contributed by atoms with van der Waals surface area (Å²) >= 11 is 0. The van der Waals surface area contributed by atoms with Crippen LogP contribution in [0.25, 0.3) is 0 Å². The average Bonchev–Trinajstić information content (AvgIpc) is 2.65. The number of nitrogens with one attached hydrogen (secondary N) is 1. The molecule has 0 unspecified atom stereocenters. The molecule has 0 spiro atoms. The fourth-order valence-corrected chi connectivity index (χ4v) is 2.83. The van der Waals surface area contributed by atoms with Crippen LogP contribution in [0, 0.1) is 13.8 Å². The number of amides is 2. The topological polar surface area (TPSA) is 67.9 Å². The largest absolute Gasteiger partial charge is 0.483 e. The van der Waals surface area contributed by atoms with Gasteiger partial charge < -0.3 is 19.7 Å². The molecule has 0 aliphatic carbocycles. The maximum atomic E-state index is 12.3. The van der Waals surface area contributed by atoms with Crippen LogP contribution in [0.1, 0.15) is 11.1 Å². The third-order valence-corrected chi connectivity index (χ3v) is 4.41. The van der Waals surface area contributed by atoms with Crippen molar-refractivity contribution in [3.05, 3.63) is 60.2 Å². The van der Waals surface area contributed by atoms with Crippen molar-refractivity contribution >= 4 is 23.2 Å². The number of ether oxygens (including phenoxy) is 2.